The predicted octanol–water partition coefficient (Wildman–Crippen LogP) is 0.347. The zero-order valence-corrected chi connectivity index (χ0v) is 13.4. The van der Waals surface area contributed by atoms with Gasteiger partial charge in [-0.05, 0) is 19.8 Å². The number of aromatic nitrogens is 1. The van der Waals surface area contributed by atoms with Crippen LogP contribution in [0.4, 0.5) is 5.82 Å². The van der Waals surface area contributed by atoms with Gasteiger partial charge < -0.3 is 14.7 Å². The zero-order valence-electron chi connectivity index (χ0n) is 12.5. The van der Waals surface area contributed by atoms with E-state index < -0.39 is 15.9 Å². The van der Waals surface area contributed by atoms with Gasteiger partial charge >= 0.3 is 0 Å². The maximum Gasteiger partial charge on any atom is 0.248 e. The molecule has 122 valence electrons. The lowest BCUT2D eigenvalue weighted by molar-refractivity contribution is -0.136. The number of amides is 2. The van der Waals surface area contributed by atoms with Crippen LogP contribution in [0, 0.1) is 6.92 Å². The van der Waals surface area contributed by atoms with Crippen LogP contribution in [0.15, 0.2) is 10.6 Å². The molecular formula is C13H19N3O5S. The summed E-state index contributed by atoms with van der Waals surface area (Å²) in [5.41, 5.74) is 0. The molecule has 1 atom stereocenters. The third-order valence-electron chi connectivity index (χ3n) is 3.44. The molecule has 1 fully saturated rings. The standard InChI is InChI=1S/C13H19N3O5S/c1-9-8-11(15-21-9)14-13(18)10-4-3-6-16(10)12(17)5-7-22(2,19)20/h8,10H,3-7H2,1-2H3,(H,14,15,18). The SMILES string of the molecule is Cc1cc(NC(=O)C2CCCN2C(=O)CCS(C)(=O)=O)no1. The lowest BCUT2D eigenvalue weighted by Gasteiger charge is -2.23. The van der Waals surface area contributed by atoms with Crippen LogP contribution in [0.3, 0.4) is 0 Å². The predicted molar refractivity (Wildman–Crippen MR) is 78.9 cm³/mol. The number of likely N-dealkylation sites (tertiary alicyclic amines) is 1. The Balaban J connectivity index is 1.97. The second kappa shape index (κ2) is 6.47. The van der Waals surface area contributed by atoms with E-state index in [0.29, 0.717) is 31.0 Å². The number of carbonyl (C=O) groups excluding carboxylic acids is 2. The molecule has 1 unspecified atom stereocenters. The molecule has 0 saturated carbocycles. The minimum absolute atomic E-state index is 0.105. The Morgan fingerprint density at radius 2 is 2.23 bits per heavy atom. The van der Waals surface area contributed by atoms with Crippen molar-refractivity contribution < 1.29 is 22.5 Å². The molecule has 9 heteroatoms. The molecule has 0 aliphatic carbocycles. The molecule has 0 bridgehead atoms. The maximum atomic E-state index is 12.2. The van der Waals surface area contributed by atoms with Crippen molar-refractivity contribution in [1.82, 2.24) is 10.1 Å². The van der Waals surface area contributed by atoms with Crippen LogP contribution in [-0.2, 0) is 19.4 Å². The fourth-order valence-corrected chi connectivity index (χ4v) is 2.93. The Morgan fingerprint density at radius 1 is 1.50 bits per heavy atom. The lowest BCUT2D eigenvalue weighted by Crippen LogP contribution is -2.43. The summed E-state index contributed by atoms with van der Waals surface area (Å²) in [6.07, 6.45) is 2.24. The van der Waals surface area contributed by atoms with Crippen molar-refractivity contribution in [2.24, 2.45) is 0 Å². The largest absolute Gasteiger partial charge is 0.360 e. The lowest BCUT2D eigenvalue weighted by atomic mass is 10.2. The summed E-state index contributed by atoms with van der Waals surface area (Å²) in [7, 11) is -3.20. The molecule has 2 heterocycles. The van der Waals surface area contributed by atoms with Crippen molar-refractivity contribution in [3.63, 3.8) is 0 Å². The molecule has 1 saturated heterocycles. The molecule has 0 spiro atoms. The van der Waals surface area contributed by atoms with Gasteiger partial charge in [-0.3, -0.25) is 9.59 Å². The number of hydrogen-bond donors (Lipinski definition) is 1. The molecule has 0 radical (unpaired) electrons. The summed E-state index contributed by atoms with van der Waals surface area (Å²) in [5.74, 6) is 0.0118. The molecule has 22 heavy (non-hydrogen) atoms. The highest BCUT2D eigenvalue weighted by Gasteiger charge is 2.34. The first kappa shape index (κ1) is 16.5. The van der Waals surface area contributed by atoms with E-state index in [9.17, 15) is 18.0 Å². The van der Waals surface area contributed by atoms with Gasteiger partial charge in [0.2, 0.25) is 11.8 Å². The van der Waals surface area contributed by atoms with Crippen LogP contribution in [-0.4, -0.2) is 54.9 Å². The van der Waals surface area contributed by atoms with Crippen molar-refractivity contribution >= 4 is 27.5 Å². The Hall–Kier alpha value is -1.90. The molecule has 8 nitrogen and oxygen atoms in total. The van der Waals surface area contributed by atoms with E-state index in [1.165, 1.54) is 4.90 Å². The molecule has 0 aromatic carbocycles. The third kappa shape index (κ3) is 4.30. The maximum absolute atomic E-state index is 12.2. The van der Waals surface area contributed by atoms with Crippen molar-refractivity contribution in [2.75, 3.05) is 23.9 Å². The number of hydrogen-bond acceptors (Lipinski definition) is 6. The quantitative estimate of drug-likeness (QED) is 0.834. The molecule has 1 aromatic heterocycles. The van der Waals surface area contributed by atoms with Crippen LogP contribution in [0.25, 0.3) is 0 Å². The zero-order chi connectivity index (χ0) is 16.3. The fourth-order valence-electron chi connectivity index (χ4n) is 2.39. The number of carbonyl (C=O) groups is 2. The fraction of sp³-hybridized carbons (Fsp3) is 0.615. The molecule has 1 aliphatic heterocycles. The average Bonchev–Trinajstić information content (AvgIpc) is 3.04. The average molecular weight is 329 g/mol. The highest BCUT2D eigenvalue weighted by Crippen LogP contribution is 2.20. The van der Waals surface area contributed by atoms with Gasteiger partial charge in [0, 0.05) is 25.3 Å². The number of rotatable bonds is 5. The van der Waals surface area contributed by atoms with E-state index in [1.54, 1.807) is 13.0 Å². The van der Waals surface area contributed by atoms with E-state index >= 15 is 0 Å². The normalized spacial score (nSPS) is 18.5. The molecule has 1 N–H and O–H groups in total. The van der Waals surface area contributed by atoms with Gasteiger partial charge in [-0.25, -0.2) is 8.42 Å². The highest BCUT2D eigenvalue weighted by molar-refractivity contribution is 7.90. The molecule has 1 aromatic rings. The second-order valence-corrected chi connectivity index (χ2v) is 7.70. The summed E-state index contributed by atoms with van der Waals surface area (Å²) in [6, 6.07) is 0.993. The van der Waals surface area contributed by atoms with Crippen LogP contribution in [0.1, 0.15) is 25.0 Å². The Kier molecular flexibility index (Phi) is 4.84. The second-order valence-electron chi connectivity index (χ2n) is 5.44. The van der Waals surface area contributed by atoms with Gasteiger partial charge in [0.05, 0.1) is 5.75 Å². The van der Waals surface area contributed by atoms with E-state index in [-0.39, 0.29) is 24.0 Å². The van der Waals surface area contributed by atoms with Gasteiger partial charge in [-0.15, -0.1) is 0 Å². The summed E-state index contributed by atoms with van der Waals surface area (Å²) in [4.78, 5) is 25.8. The number of anilines is 1. The smallest absolute Gasteiger partial charge is 0.248 e. The first-order valence-corrected chi connectivity index (χ1v) is 9.04. The van der Waals surface area contributed by atoms with Gasteiger partial charge in [0.1, 0.15) is 21.6 Å². The van der Waals surface area contributed by atoms with Crippen LogP contribution in [0.5, 0.6) is 0 Å². The topological polar surface area (TPSA) is 110 Å². The van der Waals surface area contributed by atoms with Crippen LogP contribution >= 0.6 is 0 Å². The first-order valence-electron chi connectivity index (χ1n) is 6.97. The Morgan fingerprint density at radius 3 is 2.82 bits per heavy atom. The molecule has 1 aliphatic rings. The number of nitrogens with one attached hydrogen (secondary N) is 1. The molecule has 2 rings (SSSR count). The van der Waals surface area contributed by atoms with Crippen LogP contribution in [0.2, 0.25) is 0 Å². The van der Waals surface area contributed by atoms with Crippen molar-refractivity contribution in [3.05, 3.63) is 11.8 Å². The van der Waals surface area contributed by atoms with E-state index in [4.69, 9.17) is 4.52 Å². The van der Waals surface area contributed by atoms with Crippen molar-refractivity contribution in [3.8, 4) is 0 Å². The van der Waals surface area contributed by atoms with E-state index in [1.807, 2.05) is 0 Å². The van der Waals surface area contributed by atoms with Gasteiger partial charge in [0.25, 0.3) is 0 Å². The van der Waals surface area contributed by atoms with Crippen molar-refractivity contribution in [1.29, 1.82) is 0 Å². The molecular weight excluding hydrogens is 310 g/mol. The minimum Gasteiger partial charge on any atom is -0.360 e. The number of nitrogens with zero attached hydrogens (tertiary/aromatic N) is 2. The van der Waals surface area contributed by atoms with Crippen molar-refractivity contribution in [2.45, 2.75) is 32.2 Å². The number of aryl methyl sites for hydroxylation is 1. The summed E-state index contributed by atoms with van der Waals surface area (Å²) >= 11 is 0. The Bertz CT molecular complexity index is 667. The summed E-state index contributed by atoms with van der Waals surface area (Å²) in [5, 5.41) is 6.28. The van der Waals surface area contributed by atoms with E-state index in [0.717, 1.165) is 6.26 Å². The Labute approximate surface area is 128 Å². The first-order chi connectivity index (χ1) is 10.3. The van der Waals surface area contributed by atoms with E-state index in [2.05, 4.69) is 10.5 Å². The minimum atomic E-state index is -3.20. The summed E-state index contributed by atoms with van der Waals surface area (Å²) < 4.78 is 27.1. The van der Waals surface area contributed by atoms with Gasteiger partial charge in [-0.2, -0.15) is 0 Å². The van der Waals surface area contributed by atoms with Crippen LogP contribution < -0.4 is 5.32 Å². The van der Waals surface area contributed by atoms with Gasteiger partial charge in [-0.1, -0.05) is 5.16 Å². The highest BCUT2D eigenvalue weighted by atomic mass is 32.2. The number of sulfone groups is 1. The third-order valence-corrected chi connectivity index (χ3v) is 4.39. The van der Waals surface area contributed by atoms with Gasteiger partial charge in [0.15, 0.2) is 5.82 Å². The summed E-state index contributed by atoms with van der Waals surface area (Å²) in [6.45, 7) is 2.16. The monoisotopic (exact) mass is 329 g/mol. The molecule has 2 amide bonds.